The molecule has 2 aromatic carbocycles. The van der Waals surface area contributed by atoms with Crippen molar-refractivity contribution in [1.82, 2.24) is 5.32 Å². The number of carbonyl (C=O) groups excluding carboxylic acids is 2. The van der Waals surface area contributed by atoms with E-state index in [-0.39, 0.29) is 23.2 Å². The Bertz CT molecular complexity index is 1170. The first-order chi connectivity index (χ1) is 15.2. The van der Waals surface area contributed by atoms with Crippen molar-refractivity contribution < 1.29 is 9.59 Å². The summed E-state index contributed by atoms with van der Waals surface area (Å²) < 4.78 is 0.878. The fourth-order valence-corrected chi connectivity index (χ4v) is 6.70. The number of amides is 1. The summed E-state index contributed by atoms with van der Waals surface area (Å²) in [4.78, 5) is 26.3. The summed E-state index contributed by atoms with van der Waals surface area (Å²) in [6.07, 6.45) is 4.54. The topological polar surface area (TPSA) is 70.0 Å². The van der Waals surface area contributed by atoms with Crippen LogP contribution in [0.1, 0.15) is 71.6 Å². The molecular weight excluding hydrogens is 511 g/mol. The third-order valence-corrected chi connectivity index (χ3v) is 9.07. The van der Waals surface area contributed by atoms with Gasteiger partial charge in [0.25, 0.3) is 5.91 Å². The maximum absolute atomic E-state index is 14.0. The lowest BCUT2D eigenvalue weighted by Gasteiger charge is -2.51. The Morgan fingerprint density at radius 3 is 2.53 bits per heavy atom. The molecule has 0 bridgehead atoms. The molecule has 1 spiro atoms. The molecule has 4 nitrogen and oxygen atoms in total. The quantitative estimate of drug-likeness (QED) is 0.516. The van der Waals surface area contributed by atoms with Crippen molar-refractivity contribution in [2.45, 2.75) is 44.4 Å². The molecule has 2 fully saturated rings. The number of ketones is 1. The third-order valence-electron chi connectivity index (χ3n) is 8.18. The number of nitrogens with one attached hydrogen (secondary N) is 1. The van der Waals surface area contributed by atoms with Crippen LogP contribution in [0.2, 0.25) is 0 Å². The number of halogens is 1. The predicted octanol–water partition coefficient (Wildman–Crippen LogP) is 5.60. The van der Waals surface area contributed by atoms with Crippen LogP contribution in [0.5, 0.6) is 0 Å². The van der Waals surface area contributed by atoms with E-state index in [1.54, 1.807) is 13.1 Å². The molecule has 0 heterocycles. The normalized spacial score (nSPS) is 25.8. The van der Waals surface area contributed by atoms with Crippen LogP contribution >= 0.6 is 22.6 Å². The third kappa shape index (κ3) is 2.99. The fraction of sp³-hybridized carbons (Fsp3) is 0.370. The maximum atomic E-state index is 14.0. The van der Waals surface area contributed by atoms with Crippen LogP contribution in [-0.4, -0.2) is 18.7 Å². The van der Waals surface area contributed by atoms with Crippen molar-refractivity contribution in [1.29, 1.82) is 5.26 Å². The Labute approximate surface area is 203 Å². The summed E-state index contributed by atoms with van der Waals surface area (Å²) in [5.74, 6) is 0.0280. The molecule has 2 aromatic rings. The van der Waals surface area contributed by atoms with Crippen LogP contribution in [0.4, 0.5) is 0 Å². The second-order valence-corrected chi connectivity index (χ2v) is 10.4. The molecule has 1 amide bonds. The smallest absolute Gasteiger partial charge is 0.251 e. The van der Waals surface area contributed by atoms with E-state index in [1.807, 2.05) is 36.4 Å². The van der Waals surface area contributed by atoms with Crippen molar-refractivity contribution in [3.8, 4) is 6.07 Å². The van der Waals surface area contributed by atoms with E-state index >= 15 is 0 Å². The van der Waals surface area contributed by atoms with Gasteiger partial charge in [-0.05, 0) is 76.2 Å². The first kappa shape index (κ1) is 22.7. The van der Waals surface area contributed by atoms with Gasteiger partial charge in [0.2, 0.25) is 0 Å². The highest BCUT2D eigenvalue weighted by atomic mass is 127. The number of nitrogens with zero attached hydrogens (tertiary/aromatic N) is 1. The van der Waals surface area contributed by atoms with E-state index < -0.39 is 5.41 Å². The highest BCUT2D eigenvalue weighted by molar-refractivity contribution is 14.1. The van der Waals surface area contributed by atoms with Gasteiger partial charge in [-0.25, -0.2) is 0 Å². The number of hydrogen-bond acceptors (Lipinski definition) is 3. The van der Waals surface area contributed by atoms with Gasteiger partial charge in [-0.1, -0.05) is 51.1 Å². The molecule has 0 saturated heterocycles. The minimum Gasteiger partial charge on any atom is -0.355 e. The standard InChI is InChI=1S/C27H27IN2O2/c1-5-17-13-20(9-10-21(17)25(32)30-4)26(3)16(2)23(24(31)27(26)11-6-12-27)18-7-8-19(15-29)22(28)14-18/h5,7-10,13-14,16,23H,1,6,11-12H2,2-4H3,(H,30,32)/t16?,23?,26-/m1/s1. The van der Waals surface area contributed by atoms with E-state index in [0.717, 1.165) is 39.5 Å². The zero-order valence-electron chi connectivity index (χ0n) is 18.7. The van der Waals surface area contributed by atoms with Crippen LogP contribution in [0.15, 0.2) is 43.0 Å². The fourth-order valence-electron chi connectivity index (χ4n) is 6.04. The lowest BCUT2D eigenvalue weighted by atomic mass is 9.51. The van der Waals surface area contributed by atoms with Crippen molar-refractivity contribution in [2.24, 2.45) is 11.3 Å². The molecule has 2 saturated carbocycles. The highest BCUT2D eigenvalue weighted by Gasteiger charge is 2.68. The van der Waals surface area contributed by atoms with Gasteiger partial charge in [-0.3, -0.25) is 9.59 Å². The molecular formula is C27H27IN2O2. The van der Waals surface area contributed by atoms with E-state index in [0.29, 0.717) is 16.9 Å². The first-order valence-corrected chi connectivity index (χ1v) is 12.1. The second kappa shape index (κ2) is 8.15. The minimum absolute atomic E-state index is 0.0718. The Hall–Kier alpha value is -2.46. The molecule has 5 heteroatoms. The molecule has 0 aromatic heterocycles. The van der Waals surface area contributed by atoms with Crippen LogP contribution in [-0.2, 0) is 10.2 Å². The molecule has 0 aliphatic heterocycles. The number of nitriles is 1. The SMILES string of the molecule is C=Cc1cc([C@@]2(C)C(C)C(c3ccc(C#N)c(I)c3)C(=O)C23CCC3)ccc1C(=O)NC. The molecule has 3 atom stereocenters. The number of carbonyl (C=O) groups is 2. The largest absolute Gasteiger partial charge is 0.355 e. The molecule has 2 aliphatic carbocycles. The molecule has 32 heavy (non-hydrogen) atoms. The number of rotatable bonds is 4. The zero-order chi connectivity index (χ0) is 23.3. The molecule has 0 radical (unpaired) electrons. The summed E-state index contributed by atoms with van der Waals surface area (Å²) in [5, 5.41) is 12.0. The number of hydrogen-bond donors (Lipinski definition) is 1. The van der Waals surface area contributed by atoms with Crippen molar-refractivity contribution in [3.63, 3.8) is 0 Å². The predicted molar refractivity (Wildman–Crippen MR) is 134 cm³/mol. The Kier molecular flexibility index (Phi) is 5.79. The van der Waals surface area contributed by atoms with Crippen LogP contribution < -0.4 is 5.32 Å². The Balaban J connectivity index is 1.86. The zero-order valence-corrected chi connectivity index (χ0v) is 20.8. The van der Waals surface area contributed by atoms with Gasteiger partial charge < -0.3 is 5.32 Å². The van der Waals surface area contributed by atoms with Crippen molar-refractivity contribution >= 4 is 40.4 Å². The molecule has 164 valence electrons. The summed E-state index contributed by atoms with van der Waals surface area (Å²) in [6, 6.07) is 13.9. The molecule has 2 unspecified atom stereocenters. The minimum atomic E-state index is -0.399. The van der Waals surface area contributed by atoms with Crippen molar-refractivity contribution in [2.75, 3.05) is 7.05 Å². The van der Waals surface area contributed by atoms with Crippen LogP contribution in [0.25, 0.3) is 6.08 Å². The van der Waals surface area contributed by atoms with Gasteiger partial charge in [-0.15, -0.1) is 0 Å². The van der Waals surface area contributed by atoms with Gasteiger partial charge in [0.1, 0.15) is 11.9 Å². The monoisotopic (exact) mass is 538 g/mol. The maximum Gasteiger partial charge on any atom is 0.251 e. The second-order valence-electron chi connectivity index (χ2n) is 9.20. The lowest BCUT2D eigenvalue weighted by molar-refractivity contribution is -0.134. The van der Waals surface area contributed by atoms with Gasteiger partial charge in [-0.2, -0.15) is 5.26 Å². The first-order valence-electron chi connectivity index (χ1n) is 11.0. The highest BCUT2D eigenvalue weighted by Crippen LogP contribution is 2.68. The van der Waals surface area contributed by atoms with Crippen LogP contribution in [0.3, 0.4) is 0 Å². The van der Waals surface area contributed by atoms with E-state index in [4.69, 9.17) is 0 Å². The van der Waals surface area contributed by atoms with Gasteiger partial charge in [0, 0.05) is 32.9 Å². The van der Waals surface area contributed by atoms with E-state index in [2.05, 4.69) is 54.4 Å². The van der Waals surface area contributed by atoms with Gasteiger partial charge in [0.15, 0.2) is 0 Å². The lowest BCUT2D eigenvalue weighted by Crippen LogP contribution is -2.50. The summed E-state index contributed by atoms with van der Waals surface area (Å²) in [6.45, 7) is 8.33. The van der Waals surface area contributed by atoms with Gasteiger partial charge in [0.05, 0.1) is 5.56 Å². The van der Waals surface area contributed by atoms with E-state index in [9.17, 15) is 14.9 Å². The summed E-state index contributed by atoms with van der Waals surface area (Å²) in [5.41, 5.74) is 3.34. The average Bonchev–Trinajstić information content (AvgIpc) is 2.95. The van der Waals surface area contributed by atoms with Gasteiger partial charge >= 0.3 is 0 Å². The summed E-state index contributed by atoms with van der Waals surface area (Å²) >= 11 is 2.18. The Morgan fingerprint density at radius 2 is 2.00 bits per heavy atom. The van der Waals surface area contributed by atoms with E-state index in [1.165, 1.54) is 0 Å². The molecule has 2 aliphatic rings. The Morgan fingerprint density at radius 1 is 1.28 bits per heavy atom. The van der Waals surface area contributed by atoms with Crippen molar-refractivity contribution in [3.05, 3.63) is 74.4 Å². The van der Waals surface area contributed by atoms with Crippen LogP contribution in [0, 0.1) is 26.2 Å². The molecule has 4 rings (SSSR count). The molecule has 1 N–H and O–H groups in total. The average molecular weight is 538 g/mol. The number of benzene rings is 2. The summed E-state index contributed by atoms with van der Waals surface area (Å²) in [7, 11) is 1.62. The number of Topliss-reactive ketones (excluding diaryl/α,β-unsaturated/α-hetero) is 1.